The van der Waals surface area contributed by atoms with Crippen LogP contribution in [-0.4, -0.2) is 23.1 Å². The second-order valence-electron chi connectivity index (χ2n) is 3.13. The van der Waals surface area contributed by atoms with Gasteiger partial charge in [0.05, 0.1) is 10.2 Å². The number of thioether (sulfide) groups is 1. The van der Waals surface area contributed by atoms with Crippen LogP contribution in [0.15, 0.2) is 29.2 Å². The molecule has 0 spiro atoms. The van der Waals surface area contributed by atoms with Gasteiger partial charge in [-0.25, -0.2) is 0 Å². The average Bonchev–Trinajstić information content (AvgIpc) is 2.28. The zero-order valence-electron chi connectivity index (χ0n) is 8.97. The van der Waals surface area contributed by atoms with Crippen molar-refractivity contribution in [1.29, 1.82) is 0 Å². The van der Waals surface area contributed by atoms with Gasteiger partial charge in [0, 0.05) is 24.1 Å². The molecule has 0 radical (unpaired) electrons. The van der Waals surface area contributed by atoms with Crippen LogP contribution in [0.1, 0.15) is 6.92 Å². The normalized spacial score (nSPS) is 11.9. The van der Waals surface area contributed by atoms with Crippen molar-refractivity contribution in [2.24, 2.45) is 0 Å². The fourth-order valence-corrected chi connectivity index (χ4v) is 2.03. The van der Waals surface area contributed by atoms with Crippen LogP contribution in [0, 0.1) is 10.1 Å². The summed E-state index contributed by atoms with van der Waals surface area (Å²) in [7, 11) is 1.58. The number of carbonyl (C=O) groups excluding carboxylic acids is 1. The first-order chi connectivity index (χ1) is 7.54. The second kappa shape index (κ2) is 5.50. The number of benzene rings is 1. The third kappa shape index (κ3) is 3.23. The lowest BCUT2D eigenvalue weighted by Gasteiger charge is -2.08. The molecule has 86 valence electrons. The van der Waals surface area contributed by atoms with Crippen molar-refractivity contribution >= 4 is 23.4 Å². The first-order valence-electron chi connectivity index (χ1n) is 4.67. The molecule has 0 fully saturated rings. The number of nitro benzene ring substituents is 1. The first kappa shape index (κ1) is 12.5. The number of rotatable bonds is 4. The van der Waals surface area contributed by atoms with E-state index in [0.717, 1.165) is 4.90 Å². The second-order valence-corrected chi connectivity index (χ2v) is 4.54. The smallest absolute Gasteiger partial charge is 0.269 e. The van der Waals surface area contributed by atoms with Gasteiger partial charge in [0.25, 0.3) is 5.69 Å². The van der Waals surface area contributed by atoms with Crippen LogP contribution >= 0.6 is 11.8 Å². The zero-order chi connectivity index (χ0) is 12.1. The summed E-state index contributed by atoms with van der Waals surface area (Å²) < 4.78 is 0. The maximum Gasteiger partial charge on any atom is 0.269 e. The van der Waals surface area contributed by atoms with Crippen LogP contribution in [0.4, 0.5) is 5.69 Å². The van der Waals surface area contributed by atoms with E-state index in [1.807, 2.05) is 0 Å². The standard InChI is InChI=1S/C10H12N2O3S/c1-7(10(13)11-2)16-9-5-3-8(4-6-9)12(14)15/h3-7H,1-2H3,(H,11,13)/t7-/m0/s1. The van der Waals surface area contributed by atoms with Crippen molar-refractivity contribution in [3.8, 4) is 0 Å². The third-order valence-corrected chi connectivity index (χ3v) is 3.09. The predicted octanol–water partition coefficient (Wildman–Crippen LogP) is 1.82. The highest BCUT2D eigenvalue weighted by Gasteiger charge is 2.13. The summed E-state index contributed by atoms with van der Waals surface area (Å²) in [5.41, 5.74) is 0.0527. The summed E-state index contributed by atoms with van der Waals surface area (Å²) in [6.45, 7) is 1.78. The van der Waals surface area contributed by atoms with Crippen molar-refractivity contribution < 1.29 is 9.72 Å². The van der Waals surface area contributed by atoms with Gasteiger partial charge in [-0.15, -0.1) is 11.8 Å². The predicted molar refractivity (Wildman–Crippen MR) is 62.5 cm³/mol. The van der Waals surface area contributed by atoms with Crippen LogP contribution in [-0.2, 0) is 4.79 Å². The Morgan fingerprint density at radius 3 is 2.44 bits per heavy atom. The molecule has 0 heterocycles. The highest BCUT2D eigenvalue weighted by molar-refractivity contribution is 8.00. The summed E-state index contributed by atoms with van der Waals surface area (Å²) in [5, 5.41) is 12.8. The van der Waals surface area contributed by atoms with Gasteiger partial charge in [0.15, 0.2) is 0 Å². The van der Waals surface area contributed by atoms with Gasteiger partial charge >= 0.3 is 0 Å². The number of carbonyl (C=O) groups is 1. The van der Waals surface area contributed by atoms with E-state index in [1.165, 1.54) is 23.9 Å². The van der Waals surface area contributed by atoms with E-state index in [0.29, 0.717) is 0 Å². The lowest BCUT2D eigenvalue weighted by molar-refractivity contribution is -0.384. The van der Waals surface area contributed by atoms with E-state index in [-0.39, 0.29) is 16.8 Å². The number of hydrogen-bond donors (Lipinski definition) is 1. The first-order valence-corrected chi connectivity index (χ1v) is 5.55. The molecule has 0 unspecified atom stereocenters. The van der Waals surface area contributed by atoms with Gasteiger partial charge in [-0.05, 0) is 19.1 Å². The third-order valence-electron chi connectivity index (χ3n) is 1.98. The molecule has 1 atom stereocenters. The molecule has 0 aliphatic rings. The Morgan fingerprint density at radius 2 is 2.00 bits per heavy atom. The van der Waals surface area contributed by atoms with Gasteiger partial charge in [0.1, 0.15) is 0 Å². The monoisotopic (exact) mass is 240 g/mol. The molecule has 1 aromatic carbocycles. The fraction of sp³-hybridized carbons (Fsp3) is 0.300. The molecule has 6 heteroatoms. The zero-order valence-corrected chi connectivity index (χ0v) is 9.78. The van der Waals surface area contributed by atoms with E-state index < -0.39 is 4.92 Å². The van der Waals surface area contributed by atoms with Crippen molar-refractivity contribution in [2.45, 2.75) is 17.1 Å². The van der Waals surface area contributed by atoms with Crippen molar-refractivity contribution in [3.63, 3.8) is 0 Å². The van der Waals surface area contributed by atoms with Gasteiger partial charge < -0.3 is 5.32 Å². The Labute approximate surface area is 97.4 Å². The SMILES string of the molecule is CNC(=O)[C@H](C)Sc1ccc([N+](=O)[O-])cc1. The van der Waals surface area contributed by atoms with Gasteiger partial charge in [0.2, 0.25) is 5.91 Å². The van der Waals surface area contributed by atoms with Crippen LogP contribution < -0.4 is 5.32 Å². The lowest BCUT2D eigenvalue weighted by Crippen LogP contribution is -2.27. The van der Waals surface area contributed by atoms with E-state index in [9.17, 15) is 14.9 Å². The van der Waals surface area contributed by atoms with E-state index in [1.54, 1.807) is 26.1 Å². The quantitative estimate of drug-likeness (QED) is 0.495. The van der Waals surface area contributed by atoms with E-state index in [2.05, 4.69) is 5.32 Å². The van der Waals surface area contributed by atoms with Crippen LogP contribution in [0.2, 0.25) is 0 Å². The van der Waals surface area contributed by atoms with E-state index in [4.69, 9.17) is 0 Å². The Bertz CT molecular complexity index is 392. The molecular formula is C10H12N2O3S. The van der Waals surface area contributed by atoms with Gasteiger partial charge in [-0.1, -0.05) is 0 Å². The van der Waals surface area contributed by atoms with Gasteiger partial charge in [-0.2, -0.15) is 0 Å². The van der Waals surface area contributed by atoms with Crippen LogP contribution in [0.25, 0.3) is 0 Å². The summed E-state index contributed by atoms with van der Waals surface area (Å²) >= 11 is 1.36. The Morgan fingerprint density at radius 1 is 1.44 bits per heavy atom. The number of non-ortho nitro benzene ring substituents is 1. The molecule has 1 N–H and O–H groups in total. The molecule has 16 heavy (non-hydrogen) atoms. The molecule has 0 bridgehead atoms. The van der Waals surface area contributed by atoms with E-state index >= 15 is 0 Å². The summed E-state index contributed by atoms with van der Waals surface area (Å²) in [6, 6.07) is 6.14. The van der Waals surface area contributed by atoms with Crippen molar-refractivity contribution in [1.82, 2.24) is 5.32 Å². The Hall–Kier alpha value is -1.56. The lowest BCUT2D eigenvalue weighted by atomic mass is 10.3. The molecule has 0 aliphatic heterocycles. The molecule has 0 saturated carbocycles. The van der Waals surface area contributed by atoms with Gasteiger partial charge in [-0.3, -0.25) is 14.9 Å². The molecule has 1 amide bonds. The highest BCUT2D eigenvalue weighted by Crippen LogP contribution is 2.25. The number of nitrogens with zero attached hydrogens (tertiary/aromatic N) is 1. The number of nitro groups is 1. The van der Waals surface area contributed by atoms with Crippen molar-refractivity contribution in [3.05, 3.63) is 34.4 Å². The molecule has 1 aromatic rings. The molecule has 0 aromatic heterocycles. The average molecular weight is 240 g/mol. The maximum atomic E-state index is 11.3. The molecule has 0 saturated heterocycles. The van der Waals surface area contributed by atoms with Crippen LogP contribution in [0.3, 0.4) is 0 Å². The molecule has 1 rings (SSSR count). The Kier molecular flexibility index (Phi) is 4.30. The largest absolute Gasteiger partial charge is 0.358 e. The minimum Gasteiger partial charge on any atom is -0.358 e. The topological polar surface area (TPSA) is 72.2 Å². The summed E-state index contributed by atoms with van der Waals surface area (Å²) in [6.07, 6.45) is 0. The van der Waals surface area contributed by atoms with Crippen molar-refractivity contribution in [2.75, 3.05) is 7.05 Å². The summed E-state index contributed by atoms with van der Waals surface area (Å²) in [4.78, 5) is 22.1. The fourth-order valence-electron chi connectivity index (χ4n) is 1.11. The van der Waals surface area contributed by atoms with Crippen LogP contribution in [0.5, 0.6) is 0 Å². The Balaban J connectivity index is 2.68. The molecular weight excluding hydrogens is 228 g/mol. The molecule has 5 nitrogen and oxygen atoms in total. The highest BCUT2D eigenvalue weighted by atomic mass is 32.2. The minimum atomic E-state index is -0.448. The number of amides is 1. The number of nitrogens with one attached hydrogen (secondary N) is 1. The maximum absolute atomic E-state index is 11.3. The summed E-state index contributed by atoms with van der Waals surface area (Å²) in [5.74, 6) is -0.0663. The number of hydrogen-bond acceptors (Lipinski definition) is 4. The minimum absolute atomic E-state index is 0.0527. The molecule has 0 aliphatic carbocycles.